The van der Waals surface area contributed by atoms with Crippen molar-refractivity contribution in [1.29, 1.82) is 5.26 Å². The van der Waals surface area contributed by atoms with Gasteiger partial charge in [0.15, 0.2) is 23.0 Å². The second kappa shape index (κ2) is 11.1. The number of benzene rings is 3. The van der Waals surface area contributed by atoms with Gasteiger partial charge in [-0.05, 0) is 60.9 Å². The molecule has 0 aromatic heterocycles. The number of fused-ring (bicyclic) bond motifs is 1. The fraction of sp³-hybridized carbons (Fsp3) is 0.214. The summed E-state index contributed by atoms with van der Waals surface area (Å²) in [6, 6.07) is 22.3. The average molecular weight is 471 g/mol. The highest BCUT2D eigenvalue weighted by Gasteiger charge is 2.16. The van der Waals surface area contributed by atoms with Gasteiger partial charge in [-0.1, -0.05) is 42.5 Å². The molecule has 178 valence electrons. The van der Waals surface area contributed by atoms with Crippen LogP contribution in [0.4, 0.5) is 0 Å². The number of ether oxygens (including phenoxy) is 4. The average Bonchev–Trinajstić information content (AvgIpc) is 3.35. The van der Waals surface area contributed by atoms with Gasteiger partial charge >= 0.3 is 0 Å². The zero-order valence-electron chi connectivity index (χ0n) is 19.6. The predicted octanol–water partition coefficient (Wildman–Crippen LogP) is 5.18. The molecule has 0 radical (unpaired) electrons. The molecule has 0 saturated carbocycles. The largest absolute Gasteiger partial charge is 0.490 e. The Morgan fingerprint density at radius 1 is 1.06 bits per heavy atom. The van der Waals surface area contributed by atoms with Gasteiger partial charge < -0.3 is 24.3 Å². The van der Waals surface area contributed by atoms with E-state index in [4.69, 9.17) is 18.9 Å². The van der Waals surface area contributed by atoms with Gasteiger partial charge in [0.1, 0.15) is 18.2 Å². The van der Waals surface area contributed by atoms with E-state index in [0.717, 1.165) is 16.9 Å². The minimum Gasteiger partial charge on any atom is -0.490 e. The van der Waals surface area contributed by atoms with Crippen molar-refractivity contribution in [2.24, 2.45) is 0 Å². The number of nitrogens with zero attached hydrogens (tertiary/aromatic N) is 1. The molecule has 0 saturated heterocycles. The summed E-state index contributed by atoms with van der Waals surface area (Å²) in [5, 5.41) is 12.5. The molecule has 1 aliphatic rings. The van der Waals surface area contributed by atoms with E-state index >= 15 is 0 Å². The summed E-state index contributed by atoms with van der Waals surface area (Å²) < 4.78 is 22.5. The van der Waals surface area contributed by atoms with Crippen LogP contribution in [0.15, 0.2) is 72.3 Å². The first kappa shape index (κ1) is 23.7. The summed E-state index contributed by atoms with van der Waals surface area (Å²) in [6.07, 6.45) is 1.54. The lowest BCUT2D eigenvalue weighted by molar-refractivity contribution is -0.117. The van der Waals surface area contributed by atoms with Crippen LogP contribution in [0, 0.1) is 11.3 Å². The molecule has 7 nitrogen and oxygen atoms in total. The maximum Gasteiger partial charge on any atom is 0.262 e. The Kier molecular flexibility index (Phi) is 7.53. The zero-order chi connectivity index (χ0) is 24.6. The molecule has 1 atom stereocenters. The molecule has 0 unspecified atom stereocenters. The number of hydrogen-bond acceptors (Lipinski definition) is 6. The van der Waals surface area contributed by atoms with Crippen molar-refractivity contribution < 1.29 is 23.7 Å². The molecule has 0 bridgehead atoms. The van der Waals surface area contributed by atoms with Gasteiger partial charge in [0.05, 0.1) is 12.6 Å². The van der Waals surface area contributed by atoms with E-state index in [1.807, 2.05) is 68.4 Å². The molecule has 7 heteroatoms. The quantitative estimate of drug-likeness (QED) is 0.342. The Morgan fingerprint density at radius 3 is 2.63 bits per heavy atom. The Morgan fingerprint density at radius 2 is 1.86 bits per heavy atom. The Balaban J connectivity index is 1.47. The minimum atomic E-state index is -0.440. The first-order valence-electron chi connectivity index (χ1n) is 11.3. The van der Waals surface area contributed by atoms with E-state index < -0.39 is 5.91 Å². The summed E-state index contributed by atoms with van der Waals surface area (Å²) in [5.41, 5.74) is 2.55. The van der Waals surface area contributed by atoms with Gasteiger partial charge in [-0.25, -0.2) is 0 Å². The lowest BCUT2D eigenvalue weighted by atomic mass is 10.1. The van der Waals surface area contributed by atoms with E-state index in [1.165, 1.54) is 6.08 Å². The van der Waals surface area contributed by atoms with Gasteiger partial charge in [0, 0.05) is 0 Å². The van der Waals surface area contributed by atoms with Crippen LogP contribution in [-0.4, -0.2) is 19.3 Å². The fourth-order valence-corrected chi connectivity index (χ4v) is 3.61. The molecule has 1 aliphatic heterocycles. The van der Waals surface area contributed by atoms with Crippen molar-refractivity contribution >= 4 is 12.0 Å². The molecule has 3 aromatic carbocycles. The lowest BCUT2D eigenvalue weighted by Crippen LogP contribution is -2.27. The molecule has 3 aromatic rings. The topological polar surface area (TPSA) is 89.8 Å². The third kappa shape index (κ3) is 5.92. The standard InChI is InChI=1S/C28H26N2O5/c1-3-32-26-14-20(13-23(16-29)28(31)30-19(2)22-7-5-4-6-8-22)9-11-24(26)33-17-21-10-12-25-27(15-21)35-18-34-25/h4-15,19H,3,17-18H2,1-2H3,(H,30,31)/b23-13+/t19-/m1/s1. The van der Waals surface area contributed by atoms with E-state index in [9.17, 15) is 10.1 Å². The molecule has 1 N–H and O–H groups in total. The minimum absolute atomic E-state index is 0.00394. The summed E-state index contributed by atoms with van der Waals surface area (Å²) in [6.45, 7) is 4.73. The van der Waals surface area contributed by atoms with Gasteiger partial charge in [-0.2, -0.15) is 5.26 Å². The van der Waals surface area contributed by atoms with Crippen molar-refractivity contribution in [2.45, 2.75) is 26.5 Å². The fourth-order valence-electron chi connectivity index (χ4n) is 3.61. The molecule has 1 heterocycles. The van der Waals surface area contributed by atoms with E-state index in [0.29, 0.717) is 36.0 Å². The number of nitrogens with one attached hydrogen (secondary N) is 1. The highest BCUT2D eigenvalue weighted by atomic mass is 16.7. The van der Waals surface area contributed by atoms with Crippen LogP contribution in [0.3, 0.4) is 0 Å². The first-order valence-corrected chi connectivity index (χ1v) is 11.3. The summed E-state index contributed by atoms with van der Waals surface area (Å²) in [7, 11) is 0. The van der Waals surface area contributed by atoms with Crippen molar-refractivity contribution in [3.63, 3.8) is 0 Å². The van der Waals surface area contributed by atoms with Gasteiger partial charge in [-0.3, -0.25) is 4.79 Å². The number of carbonyl (C=O) groups excluding carboxylic acids is 1. The molecule has 35 heavy (non-hydrogen) atoms. The Labute approximate surface area is 204 Å². The molecule has 4 rings (SSSR count). The van der Waals surface area contributed by atoms with Crippen molar-refractivity contribution in [1.82, 2.24) is 5.32 Å². The Bertz CT molecular complexity index is 1260. The molecule has 0 aliphatic carbocycles. The van der Waals surface area contributed by atoms with Crippen LogP contribution in [0.2, 0.25) is 0 Å². The molecule has 0 fully saturated rings. The van der Waals surface area contributed by atoms with E-state index in [2.05, 4.69) is 5.32 Å². The normalized spacial score (nSPS) is 13.0. The van der Waals surface area contributed by atoms with Gasteiger partial charge in [0.25, 0.3) is 5.91 Å². The SMILES string of the molecule is CCOc1cc(/C=C(\C#N)C(=O)N[C@H](C)c2ccccc2)ccc1OCc1ccc2c(c1)OCO2. The number of carbonyl (C=O) groups is 1. The molecular weight excluding hydrogens is 444 g/mol. The molecular formula is C28H26N2O5. The van der Waals surface area contributed by atoms with Crippen LogP contribution < -0.4 is 24.3 Å². The van der Waals surface area contributed by atoms with Gasteiger partial charge in [0.2, 0.25) is 6.79 Å². The van der Waals surface area contributed by atoms with Crippen LogP contribution in [0.5, 0.6) is 23.0 Å². The van der Waals surface area contributed by atoms with Crippen molar-refractivity contribution in [3.05, 3.63) is 89.0 Å². The van der Waals surface area contributed by atoms with E-state index in [1.54, 1.807) is 18.2 Å². The number of nitriles is 1. The molecule has 1 amide bonds. The van der Waals surface area contributed by atoms with Crippen molar-refractivity contribution in [3.8, 4) is 29.1 Å². The maximum atomic E-state index is 12.7. The first-order chi connectivity index (χ1) is 17.1. The second-order valence-electron chi connectivity index (χ2n) is 7.89. The number of rotatable bonds is 9. The summed E-state index contributed by atoms with van der Waals surface area (Å²) in [5.74, 6) is 2.06. The highest BCUT2D eigenvalue weighted by molar-refractivity contribution is 6.01. The third-order valence-electron chi connectivity index (χ3n) is 5.42. The van der Waals surface area contributed by atoms with Gasteiger partial charge in [-0.15, -0.1) is 0 Å². The summed E-state index contributed by atoms with van der Waals surface area (Å²) in [4.78, 5) is 12.7. The predicted molar refractivity (Wildman–Crippen MR) is 131 cm³/mol. The third-order valence-corrected chi connectivity index (χ3v) is 5.42. The van der Waals surface area contributed by atoms with Crippen LogP contribution in [-0.2, 0) is 11.4 Å². The van der Waals surface area contributed by atoms with Crippen LogP contribution >= 0.6 is 0 Å². The number of amides is 1. The summed E-state index contributed by atoms with van der Waals surface area (Å²) >= 11 is 0. The lowest BCUT2D eigenvalue weighted by Gasteiger charge is -2.14. The van der Waals surface area contributed by atoms with E-state index in [-0.39, 0.29) is 18.4 Å². The smallest absolute Gasteiger partial charge is 0.262 e. The zero-order valence-corrected chi connectivity index (χ0v) is 19.6. The maximum absolute atomic E-state index is 12.7. The monoisotopic (exact) mass is 470 g/mol. The number of hydrogen-bond donors (Lipinski definition) is 1. The van der Waals surface area contributed by atoms with Crippen LogP contribution in [0.1, 0.15) is 36.6 Å². The second-order valence-corrected chi connectivity index (χ2v) is 7.89. The van der Waals surface area contributed by atoms with Crippen LogP contribution in [0.25, 0.3) is 6.08 Å². The van der Waals surface area contributed by atoms with Crippen molar-refractivity contribution in [2.75, 3.05) is 13.4 Å². The molecule has 0 spiro atoms. The highest BCUT2D eigenvalue weighted by Crippen LogP contribution is 2.34. The Hall–Kier alpha value is -4.44.